The van der Waals surface area contributed by atoms with Crippen LogP contribution in [0.3, 0.4) is 0 Å². The molecule has 2 aromatic carbocycles. The van der Waals surface area contributed by atoms with Crippen molar-refractivity contribution >= 4 is 23.6 Å². The highest BCUT2D eigenvalue weighted by atomic mass is 19.1. The fourth-order valence-corrected chi connectivity index (χ4v) is 3.34. The Morgan fingerprint density at radius 3 is 2.55 bits per heavy atom. The molecule has 0 radical (unpaired) electrons. The second kappa shape index (κ2) is 10.9. The number of benzene rings is 2. The second-order valence-electron chi connectivity index (χ2n) is 7.18. The van der Waals surface area contributed by atoms with Crippen LogP contribution in [-0.2, 0) is 14.3 Å². The lowest BCUT2D eigenvalue weighted by atomic mass is 10.2. The summed E-state index contributed by atoms with van der Waals surface area (Å²) in [6.45, 7) is 3.14. The zero-order valence-electron chi connectivity index (χ0n) is 18.4. The minimum absolute atomic E-state index is 0.0118. The molecule has 168 valence electrons. The summed E-state index contributed by atoms with van der Waals surface area (Å²) in [5.41, 5.74) is 3.28. The van der Waals surface area contributed by atoms with Crippen molar-refractivity contribution in [2.24, 2.45) is 0 Å². The van der Waals surface area contributed by atoms with Crippen LogP contribution in [0, 0.1) is 31.0 Å². The van der Waals surface area contributed by atoms with Gasteiger partial charge in [-0.3, -0.25) is 4.79 Å². The van der Waals surface area contributed by atoms with Crippen molar-refractivity contribution in [3.63, 3.8) is 0 Å². The van der Waals surface area contributed by atoms with E-state index in [1.165, 1.54) is 24.3 Å². The van der Waals surface area contributed by atoms with Gasteiger partial charge in [0, 0.05) is 23.9 Å². The first-order chi connectivity index (χ1) is 15.9. The summed E-state index contributed by atoms with van der Waals surface area (Å²) < 4.78 is 21.0. The van der Waals surface area contributed by atoms with Gasteiger partial charge >= 0.3 is 5.97 Å². The quantitative estimate of drug-likeness (QED) is 0.383. The Labute approximate surface area is 191 Å². The smallest absolute Gasteiger partial charge is 0.331 e. The minimum atomic E-state index is -0.719. The molecule has 0 bridgehead atoms. The molecule has 0 aliphatic rings. The number of halogens is 1. The standard InChI is InChI=1S/C25H23FN4O3/c1-18-21(19(2)30(28-18)20-9-4-3-5-10-20)13-14-25(32)33-17-24(31)29(16-8-15-27)23-12-7-6-11-22(23)26/h3-7,9-14H,8,16-17H2,1-2H3/b14-13+. The average molecular weight is 446 g/mol. The number of nitrogens with zero attached hydrogens (tertiary/aromatic N) is 4. The molecule has 3 rings (SSSR count). The maximum absolute atomic E-state index is 14.1. The van der Waals surface area contributed by atoms with Crippen LogP contribution in [0.15, 0.2) is 60.7 Å². The number of carbonyl (C=O) groups excluding carboxylic acids is 2. The number of ether oxygens (including phenoxy) is 1. The van der Waals surface area contributed by atoms with Crippen LogP contribution in [0.1, 0.15) is 23.4 Å². The van der Waals surface area contributed by atoms with E-state index in [9.17, 15) is 14.0 Å². The van der Waals surface area contributed by atoms with Crippen LogP contribution in [0.2, 0.25) is 0 Å². The van der Waals surface area contributed by atoms with Gasteiger partial charge in [-0.1, -0.05) is 30.3 Å². The van der Waals surface area contributed by atoms with Crippen LogP contribution in [0.5, 0.6) is 0 Å². The normalized spacial score (nSPS) is 10.7. The number of rotatable bonds is 8. The number of nitriles is 1. The van der Waals surface area contributed by atoms with Gasteiger partial charge in [-0.05, 0) is 44.2 Å². The van der Waals surface area contributed by atoms with Crippen molar-refractivity contribution < 1.29 is 18.7 Å². The molecule has 0 aliphatic heterocycles. The monoisotopic (exact) mass is 446 g/mol. The lowest BCUT2D eigenvalue weighted by molar-refractivity contribution is -0.142. The average Bonchev–Trinajstić information content (AvgIpc) is 3.11. The predicted molar refractivity (Wildman–Crippen MR) is 122 cm³/mol. The molecule has 0 atom stereocenters. The van der Waals surface area contributed by atoms with Crippen LogP contribution >= 0.6 is 0 Å². The van der Waals surface area contributed by atoms with Gasteiger partial charge in [0.1, 0.15) is 5.82 Å². The third kappa shape index (κ3) is 5.71. The van der Waals surface area contributed by atoms with Crippen molar-refractivity contribution in [3.8, 4) is 11.8 Å². The topological polar surface area (TPSA) is 88.2 Å². The number of amides is 1. The lowest BCUT2D eigenvalue weighted by Gasteiger charge is -2.21. The van der Waals surface area contributed by atoms with E-state index in [1.54, 1.807) is 16.8 Å². The molecule has 33 heavy (non-hydrogen) atoms. The number of para-hydroxylation sites is 2. The molecule has 1 heterocycles. The second-order valence-corrected chi connectivity index (χ2v) is 7.18. The third-order valence-electron chi connectivity index (χ3n) is 4.96. The molecule has 0 saturated heterocycles. The zero-order chi connectivity index (χ0) is 23.8. The maximum atomic E-state index is 14.1. The van der Waals surface area contributed by atoms with Crippen LogP contribution in [0.25, 0.3) is 11.8 Å². The lowest BCUT2D eigenvalue weighted by Crippen LogP contribution is -2.36. The molecular weight excluding hydrogens is 423 g/mol. The summed E-state index contributed by atoms with van der Waals surface area (Å²) in [6, 6.07) is 17.3. The Bertz CT molecular complexity index is 1210. The predicted octanol–water partition coefficient (Wildman–Crippen LogP) is 4.13. The Morgan fingerprint density at radius 2 is 1.85 bits per heavy atom. The molecule has 0 N–H and O–H groups in total. The van der Waals surface area contributed by atoms with Gasteiger partial charge in [0.05, 0.1) is 29.6 Å². The molecule has 7 nitrogen and oxygen atoms in total. The molecular formula is C25H23FN4O3. The highest BCUT2D eigenvalue weighted by molar-refractivity contribution is 5.96. The van der Waals surface area contributed by atoms with Crippen molar-refractivity contribution in [1.29, 1.82) is 5.26 Å². The summed E-state index contributed by atoms with van der Waals surface area (Å²) in [4.78, 5) is 25.9. The van der Waals surface area contributed by atoms with Crippen molar-refractivity contribution in [2.45, 2.75) is 20.3 Å². The van der Waals surface area contributed by atoms with E-state index in [4.69, 9.17) is 10.00 Å². The van der Waals surface area contributed by atoms with E-state index < -0.39 is 24.3 Å². The molecule has 0 unspecified atom stereocenters. The summed E-state index contributed by atoms with van der Waals surface area (Å²) in [5.74, 6) is -1.94. The van der Waals surface area contributed by atoms with E-state index in [0.717, 1.165) is 27.5 Å². The molecule has 0 aliphatic carbocycles. The minimum Gasteiger partial charge on any atom is -0.452 e. The summed E-state index contributed by atoms with van der Waals surface area (Å²) in [7, 11) is 0. The molecule has 0 fully saturated rings. The highest BCUT2D eigenvalue weighted by Gasteiger charge is 2.20. The summed E-state index contributed by atoms with van der Waals surface area (Å²) in [6.07, 6.45) is 2.83. The Balaban J connectivity index is 1.67. The fourth-order valence-electron chi connectivity index (χ4n) is 3.34. The van der Waals surface area contributed by atoms with E-state index in [2.05, 4.69) is 5.10 Å². The first-order valence-corrected chi connectivity index (χ1v) is 10.3. The Hall–Kier alpha value is -4.25. The first-order valence-electron chi connectivity index (χ1n) is 10.3. The number of carbonyl (C=O) groups is 2. The first kappa shape index (κ1) is 23.4. The van der Waals surface area contributed by atoms with Gasteiger partial charge in [0.25, 0.3) is 5.91 Å². The third-order valence-corrected chi connectivity index (χ3v) is 4.96. The van der Waals surface area contributed by atoms with Gasteiger partial charge in [0.15, 0.2) is 6.61 Å². The zero-order valence-corrected chi connectivity index (χ0v) is 18.4. The van der Waals surface area contributed by atoms with Gasteiger partial charge in [-0.2, -0.15) is 10.4 Å². The summed E-state index contributed by atoms with van der Waals surface area (Å²) >= 11 is 0. The largest absolute Gasteiger partial charge is 0.452 e. The SMILES string of the molecule is Cc1nn(-c2ccccc2)c(C)c1/C=C/C(=O)OCC(=O)N(CCC#N)c1ccccc1F. The number of hydrogen-bond acceptors (Lipinski definition) is 5. The van der Waals surface area contributed by atoms with E-state index >= 15 is 0 Å². The van der Waals surface area contributed by atoms with Crippen molar-refractivity contribution in [2.75, 3.05) is 18.1 Å². The van der Waals surface area contributed by atoms with E-state index in [1.807, 2.05) is 50.2 Å². The number of aryl methyl sites for hydroxylation is 1. The van der Waals surface area contributed by atoms with Gasteiger partial charge < -0.3 is 9.64 Å². The molecule has 0 saturated carbocycles. The molecule has 8 heteroatoms. The van der Waals surface area contributed by atoms with Gasteiger partial charge in [0.2, 0.25) is 0 Å². The van der Waals surface area contributed by atoms with Gasteiger partial charge in [-0.15, -0.1) is 0 Å². The molecule has 1 aromatic heterocycles. The summed E-state index contributed by atoms with van der Waals surface area (Å²) in [5, 5.41) is 13.4. The highest BCUT2D eigenvalue weighted by Crippen LogP contribution is 2.20. The number of anilines is 1. The van der Waals surface area contributed by atoms with E-state index in [0.29, 0.717) is 0 Å². The number of hydrogen-bond donors (Lipinski definition) is 0. The van der Waals surface area contributed by atoms with Crippen LogP contribution in [0.4, 0.5) is 10.1 Å². The Morgan fingerprint density at radius 1 is 1.15 bits per heavy atom. The maximum Gasteiger partial charge on any atom is 0.331 e. The van der Waals surface area contributed by atoms with Crippen molar-refractivity contribution in [3.05, 3.63) is 83.4 Å². The number of aromatic nitrogens is 2. The van der Waals surface area contributed by atoms with Gasteiger partial charge in [-0.25, -0.2) is 13.9 Å². The fraction of sp³-hybridized carbons (Fsp3) is 0.200. The molecule has 1 amide bonds. The van der Waals surface area contributed by atoms with Crippen molar-refractivity contribution in [1.82, 2.24) is 9.78 Å². The number of esters is 1. The Kier molecular flexibility index (Phi) is 7.71. The molecule has 3 aromatic rings. The van der Waals surface area contributed by atoms with Crippen LogP contribution in [-0.4, -0.2) is 34.8 Å². The van der Waals surface area contributed by atoms with E-state index in [-0.39, 0.29) is 18.7 Å². The molecule has 0 spiro atoms. The van der Waals surface area contributed by atoms with Crippen LogP contribution < -0.4 is 4.90 Å².